The maximum absolute atomic E-state index is 12.6. The zero-order valence-electron chi connectivity index (χ0n) is 14.5. The summed E-state index contributed by atoms with van der Waals surface area (Å²) in [5.74, 6) is 0.576. The molecule has 1 saturated heterocycles. The number of carbonyl (C=O) groups is 1. The average molecular weight is 356 g/mol. The molecule has 0 aromatic heterocycles. The highest BCUT2D eigenvalue weighted by Gasteiger charge is 2.29. The third-order valence-corrected chi connectivity index (χ3v) is 4.50. The smallest absolute Gasteiger partial charge is 0.322 e. The van der Waals surface area contributed by atoms with Crippen LogP contribution in [0.1, 0.15) is 20.3 Å². The lowest BCUT2D eigenvalue weighted by atomic mass is 10.1. The van der Waals surface area contributed by atoms with E-state index in [1.165, 1.54) is 0 Å². The van der Waals surface area contributed by atoms with Crippen molar-refractivity contribution >= 4 is 23.3 Å². The quantitative estimate of drug-likeness (QED) is 0.852. The number of amides is 2. The molecule has 1 aromatic carbocycles. The number of rotatable bonds is 5. The van der Waals surface area contributed by atoms with Gasteiger partial charge in [0.1, 0.15) is 5.75 Å². The molecule has 2 rings (SSSR count). The number of urea groups is 1. The average Bonchev–Trinajstić information content (AvgIpc) is 2.54. The molecule has 1 aromatic rings. The highest BCUT2D eigenvalue weighted by molar-refractivity contribution is 6.31. The van der Waals surface area contributed by atoms with Crippen molar-refractivity contribution in [2.75, 3.05) is 38.6 Å². The molecule has 134 valence electrons. The van der Waals surface area contributed by atoms with Gasteiger partial charge in [-0.05, 0) is 31.5 Å². The van der Waals surface area contributed by atoms with Crippen LogP contribution in [0.25, 0.3) is 0 Å². The Hall–Kier alpha value is -1.50. The minimum Gasteiger partial charge on any atom is -0.495 e. The normalized spacial score (nSPS) is 19.9. The van der Waals surface area contributed by atoms with Crippen LogP contribution in [0.2, 0.25) is 5.02 Å². The second-order valence-corrected chi connectivity index (χ2v) is 6.56. The Labute approximate surface area is 148 Å². The zero-order chi connectivity index (χ0) is 17.7. The molecule has 0 unspecified atom stereocenters. The van der Waals surface area contributed by atoms with Gasteiger partial charge in [-0.15, -0.1) is 0 Å². The number of piperazine rings is 1. The van der Waals surface area contributed by atoms with Crippen molar-refractivity contribution in [2.45, 2.75) is 32.4 Å². The molecule has 7 heteroatoms. The third-order valence-electron chi connectivity index (χ3n) is 4.26. The SMILES string of the molecule is CC[C@H]1CN(C(=O)Nc2cc(Cl)ccc2OC)CCN1C[C@@H](C)O. The molecule has 0 bridgehead atoms. The molecule has 1 heterocycles. The van der Waals surface area contributed by atoms with Crippen molar-refractivity contribution in [3.8, 4) is 5.75 Å². The van der Waals surface area contributed by atoms with E-state index in [9.17, 15) is 9.90 Å². The Balaban J connectivity index is 2.02. The Morgan fingerprint density at radius 2 is 2.25 bits per heavy atom. The standard InChI is InChI=1S/C17H26ClN3O3/c1-4-14-11-21(8-7-20(14)10-12(2)22)17(23)19-15-9-13(18)5-6-16(15)24-3/h5-6,9,12,14,22H,4,7-8,10-11H2,1-3H3,(H,19,23)/t12-,14+/m1/s1. The highest BCUT2D eigenvalue weighted by atomic mass is 35.5. The van der Waals surface area contributed by atoms with Gasteiger partial charge >= 0.3 is 6.03 Å². The number of aliphatic hydroxyl groups excluding tert-OH is 1. The number of hydrogen-bond donors (Lipinski definition) is 2. The van der Waals surface area contributed by atoms with E-state index < -0.39 is 0 Å². The molecule has 0 saturated carbocycles. The van der Waals surface area contributed by atoms with Crippen LogP contribution in [0.15, 0.2) is 18.2 Å². The van der Waals surface area contributed by atoms with E-state index in [0.29, 0.717) is 36.1 Å². The second-order valence-electron chi connectivity index (χ2n) is 6.13. The number of benzene rings is 1. The molecule has 2 atom stereocenters. The van der Waals surface area contributed by atoms with Crippen LogP contribution in [-0.4, -0.2) is 66.4 Å². The van der Waals surface area contributed by atoms with Crippen molar-refractivity contribution in [1.82, 2.24) is 9.80 Å². The van der Waals surface area contributed by atoms with Gasteiger partial charge in [0.15, 0.2) is 0 Å². The van der Waals surface area contributed by atoms with Crippen LogP contribution in [0.3, 0.4) is 0 Å². The van der Waals surface area contributed by atoms with Crippen molar-refractivity contribution in [1.29, 1.82) is 0 Å². The molecular weight excluding hydrogens is 330 g/mol. The first-order valence-corrected chi connectivity index (χ1v) is 8.64. The van der Waals surface area contributed by atoms with Crippen LogP contribution in [-0.2, 0) is 0 Å². The maximum Gasteiger partial charge on any atom is 0.322 e. The van der Waals surface area contributed by atoms with Gasteiger partial charge in [-0.25, -0.2) is 4.79 Å². The van der Waals surface area contributed by atoms with Gasteiger partial charge in [0.05, 0.1) is 18.9 Å². The van der Waals surface area contributed by atoms with E-state index in [1.807, 2.05) is 0 Å². The van der Waals surface area contributed by atoms with Crippen molar-refractivity contribution in [2.24, 2.45) is 0 Å². The second kappa shape index (κ2) is 8.55. The van der Waals surface area contributed by atoms with Gasteiger partial charge < -0.3 is 20.1 Å². The molecular formula is C17H26ClN3O3. The fraction of sp³-hybridized carbons (Fsp3) is 0.588. The molecule has 0 spiro atoms. The van der Waals surface area contributed by atoms with Gasteiger partial charge in [0, 0.05) is 37.2 Å². The van der Waals surface area contributed by atoms with Gasteiger partial charge in [-0.3, -0.25) is 4.90 Å². The van der Waals surface area contributed by atoms with Crippen LogP contribution in [0, 0.1) is 0 Å². The summed E-state index contributed by atoms with van der Waals surface area (Å²) in [4.78, 5) is 16.6. The van der Waals surface area contributed by atoms with Crippen LogP contribution < -0.4 is 10.1 Å². The van der Waals surface area contributed by atoms with Crippen molar-refractivity contribution in [3.63, 3.8) is 0 Å². The van der Waals surface area contributed by atoms with Crippen molar-refractivity contribution < 1.29 is 14.6 Å². The highest BCUT2D eigenvalue weighted by Crippen LogP contribution is 2.28. The molecule has 0 radical (unpaired) electrons. The Morgan fingerprint density at radius 3 is 2.88 bits per heavy atom. The summed E-state index contributed by atoms with van der Waals surface area (Å²) in [5, 5.41) is 13.0. The number of ether oxygens (including phenoxy) is 1. The number of aliphatic hydroxyl groups is 1. The molecule has 0 aliphatic carbocycles. The lowest BCUT2D eigenvalue weighted by Gasteiger charge is -2.41. The molecule has 2 amide bonds. The zero-order valence-corrected chi connectivity index (χ0v) is 15.2. The topological polar surface area (TPSA) is 65.0 Å². The lowest BCUT2D eigenvalue weighted by Crippen LogP contribution is -2.56. The summed E-state index contributed by atoms with van der Waals surface area (Å²) < 4.78 is 5.26. The maximum atomic E-state index is 12.6. The summed E-state index contributed by atoms with van der Waals surface area (Å²) in [6.45, 7) is 6.54. The number of methoxy groups -OCH3 is 1. The van der Waals surface area contributed by atoms with E-state index in [2.05, 4.69) is 17.1 Å². The van der Waals surface area contributed by atoms with E-state index in [-0.39, 0.29) is 18.2 Å². The predicted molar refractivity (Wildman–Crippen MR) is 95.9 cm³/mol. The molecule has 2 N–H and O–H groups in total. The molecule has 1 fully saturated rings. The van der Waals surface area contributed by atoms with E-state index in [1.54, 1.807) is 37.1 Å². The van der Waals surface area contributed by atoms with Crippen molar-refractivity contribution in [3.05, 3.63) is 23.2 Å². The van der Waals surface area contributed by atoms with Gasteiger partial charge in [-0.2, -0.15) is 0 Å². The Kier molecular flexibility index (Phi) is 6.71. The monoisotopic (exact) mass is 355 g/mol. The summed E-state index contributed by atoms with van der Waals surface area (Å²) >= 11 is 6.01. The number of nitrogens with zero attached hydrogens (tertiary/aromatic N) is 2. The Bertz CT molecular complexity index is 568. The Morgan fingerprint density at radius 1 is 1.50 bits per heavy atom. The first-order valence-electron chi connectivity index (χ1n) is 8.26. The molecule has 1 aliphatic rings. The third kappa shape index (κ3) is 4.75. The predicted octanol–water partition coefficient (Wildman–Crippen LogP) is 2.66. The summed E-state index contributed by atoms with van der Waals surface area (Å²) in [5.41, 5.74) is 0.564. The molecule has 6 nitrogen and oxygen atoms in total. The van der Waals surface area contributed by atoms with Gasteiger partial charge in [0.2, 0.25) is 0 Å². The first-order chi connectivity index (χ1) is 11.4. The number of β-amino-alcohol motifs (C(OH)–C–C–N with tert-alkyl or cyclic N) is 1. The summed E-state index contributed by atoms with van der Waals surface area (Å²) in [6, 6.07) is 5.22. The largest absolute Gasteiger partial charge is 0.495 e. The van der Waals surface area contributed by atoms with Gasteiger partial charge in [0.25, 0.3) is 0 Å². The lowest BCUT2D eigenvalue weighted by molar-refractivity contribution is 0.0506. The number of anilines is 1. The fourth-order valence-corrected chi connectivity index (χ4v) is 3.19. The summed E-state index contributed by atoms with van der Waals surface area (Å²) in [7, 11) is 1.56. The first kappa shape index (κ1) is 18.8. The minimum absolute atomic E-state index is 0.161. The minimum atomic E-state index is -0.366. The van der Waals surface area contributed by atoms with Crippen LogP contribution in [0.5, 0.6) is 5.75 Å². The molecule has 24 heavy (non-hydrogen) atoms. The van der Waals surface area contributed by atoms with Gasteiger partial charge in [-0.1, -0.05) is 18.5 Å². The summed E-state index contributed by atoms with van der Waals surface area (Å²) in [6.07, 6.45) is 0.562. The number of hydrogen-bond acceptors (Lipinski definition) is 4. The van der Waals surface area contributed by atoms with E-state index >= 15 is 0 Å². The molecule has 1 aliphatic heterocycles. The number of halogens is 1. The van der Waals surface area contributed by atoms with Crippen LogP contribution >= 0.6 is 11.6 Å². The van der Waals surface area contributed by atoms with E-state index in [4.69, 9.17) is 16.3 Å². The number of nitrogens with one attached hydrogen (secondary N) is 1. The number of carbonyl (C=O) groups excluding carboxylic acids is 1. The van der Waals surface area contributed by atoms with E-state index in [0.717, 1.165) is 13.0 Å². The van der Waals surface area contributed by atoms with Crippen LogP contribution in [0.4, 0.5) is 10.5 Å². The fourth-order valence-electron chi connectivity index (χ4n) is 3.02.